The van der Waals surface area contributed by atoms with Gasteiger partial charge in [0.15, 0.2) is 0 Å². The molecule has 1 aromatic carbocycles. The molecule has 3 aromatic rings. The monoisotopic (exact) mass is 532 g/mol. The fourth-order valence-electron chi connectivity index (χ4n) is 3.90. The summed E-state index contributed by atoms with van der Waals surface area (Å²) in [6.07, 6.45) is 2.27. The minimum absolute atomic E-state index is 0.406. The summed E-state index contributed by atoms with van der Waals surface area (Å²) in [5.74, 6) is -0.846. The molecule has 2 aromatic heterocycles. The van der Waals surface area contributed by atoms with Crippen LogP contribution in [0.4, 0.5) is 0 Å². The number of carbonyl (C=O) groups is 1. The quantitative estimate of drug-likeness (QED) is 0.324. The van der Waals surface area contributed by atoms with Crippen molar-refractivity contribution in [2.75, 3.05) is 46.6 Å². The van der Waals surface area contributed by atoms with Crippen molar-refractivity contribution >= 4 is 48.9 Å². The van der Waals surface area contributed by atoms with E-state index < -0.39 is 11.9 Å². The average molecular weight is 532 g/mol. The van der Waals surface area contributed by atoms with Crippen LogP contribution >= 0.6 is 11.3 Å². The number of aliphatic carboxylic acids is 1. The summed E-state index contributed by atoms with van der Waals surface area (Å²) in [6.45, 7) is 6.73. The van der Waals surface area contributed by atoms with E-state index in [1.165, 1.54) is 17.7 Å². The van der Waals surface area contributed by atoms with Crippen molar-refractivity contribution in [3.8, 4) is 11.5 Å². The minimum Gasteiger partial charge on any atom is -0.379 e. The van der Waals surface area contributed by atoms with Crippen LogP contribution in [-0.4, -0.2) is 94.3 Å². The summed E-state index contributed by atoms with van der Waals surface area (Å²) in [5, 5.41) is 10.7. The second kappa shape index (κ2) is 10.8. The van der Waals surface area contributed by atoms with Crippen molar-refractivity contribution in [3.05, 3.63) is 34.7 Å². The maximum absolute atomic E-state index is 12.3. The number of thiazole rings is 1. The van der Waals surface area contributed by atoms with Gasteiger partial charge >= 0.3 is 162 Å². The Bertz CT molecular complexity index is 1140. The molecule has 1 saturated heterocycles. The SMILES string of the molecule is COc1cc2c(C(C(=O)O)c3sc([As])nc3C)ncnc2cc1OCCCN1CCOCC1. The summed E-state index contributed by atoms with van der Waals surface area (Å²) in [6, 6.07) is 3.55. The summed E-state index contributed by atoms with van der Waals surface area (Å²) in [7, 11) is 1.56. The number of hydrogen-bond acceptors (Lipinski definition) is 9. The minimum atomic E-state index is -0.989. The summed E-state index contributed by atoms with van der Waals surface area (Å²) < 4.78 is 17.7. The van der Waals surface area contributed by atoms with Gasteiger partial charge in [0.2, 0.25) is 0 Å². The number of ether oxygens (including phenoxy) is 3. The number of carboxylic acid groups (broad SMARTS) is 1. The smallest absolute Gasteiger partial charge is 0.379 e. The zero-order chi connectivity index (χ0) is 23.4. The van der Waals surface area contributed by atoms with Crippen LogP contribution in [0.3, 0.4) is 0 Å². The van der Waals surface area contributed by atoms with E-state index in [4.69, 9.17) is 14.2 Å². The van der Waals surface area contributed by atoms with E-state index in [-0.39, 0.29) is 0 Å². The molecule has 0 aliphatic carbocycles. The molecule has 1 atom stereocenters. The predicted molar refractivity (Wildman–Crippen MR) is 125 cm³/mol. The van der Waals surface area contributed by atoms with E-state index in [2.05, 4.69) is 36.7 Å². The second-order valence-electron chi connectivity index (χ2n) is 7.65. The third-order valence-electron chi connectivity index (χ3n) is 5.54. The molecular weight excluding hydrogens is 507 g/mol. The average Bonchev–Trinajstić information content (AvgIpc) is 3.14. The number of carboxylic acids is 1. The van der Waals surface area contributed by atoms with Gasteiger partial charge in [-0.2, -0.15) is 0 Å². The van der Waals surface area contributed by atoms with Gasteiger partial charge in [-0.3, -0.25) is 4.90 Å². The normalized spacial score (nSPS) is 15.5. The summed E-state index contributed by atoms with van der Waals surface area (Å²) >= 11 is 3.70. The van der Waals surface area contributed by atoms with Crippen LogP contribution in [0, 0.1) is 6.92 Å². The topological polar surface area (TPSA) is 107 Å². The molecule has 1 unspecified atom stereocenters. The molecule has 0 amide bonds. The van der Waals surface area contributed by atoms with E-state index in [9.17, 15) is 9.90 Å². The molecule has 1 aliphatic heterocycles. The molecule has 0 spiro atoms. The van der Waals surface area contributed by atoms with Gasteiger partial charge in [0, 0.05) is 19.6 Å². The van der Waals surface area contributed by atoms with Crippen molar-refractivity contribution in [1.29, 1.82) is 0 Å². The molecule has 4 rings (SSSR count). The van der Waals surface area contributed by atoms with Crippen molar-refractivity contribution in [2.45, 2.75) is 19.3 Å². The molecule has 33 heavy (non-hydrogen) atoms. The Morgan fingerprint density at radius 3 is 2.76 bits per heavy atom. The first kappa shape index (κ1) is 23.9. The van der Waals surface area contributed by atoms with Gasteiger partial charge in [-0.05, 0) is 0 Å². The van der Waals surface area contributed by atoms with Crippen LogP contribution in [0.2, 0.25) is 0 Å². The van der Waals surface area contributed by atoms with E-state index >= 15 is 0 Å². The molecule has 0 saturated carbocycles. The Balaban J connectivity index is 1.59. The Morgan fingerprint density at radius 2 is 2.09 bits per heavy atom. The van der Waals surface area contributed by atoms with E-state index in [1.54, 1.807) is 19.2 Å². The first-order chi connectivity index (χ1) is 16.0. The van der Waals surface area contributed by atoms with Gasteiger partial charge < -0.3 is 4.74 Å². The van der Waals surface area contributed by atoms with Crippen LogP contribution in [-0.2, 0) is 9.53 Å². The molecule has 2 radical (unpaired) electrons. The maximum atomic E-state index is 12.3. The standard InChI is InChI=1S/C22H25AsN4O5S/c1-13-20(33-22(23)26-13)18(21(28)29)19-14-10-16(30-2)17(11-15(14)24-12-25-19)32-7-3-4-27-5-8-31-9-6-27/h10-12,18H,3-9H2,1-2H3,(H,28,29). The first-order valence-electron chi connectivity index (χ1n) is 10.6. The van der Waals surface area contributed by atoms with Gasteiger partial charge in [0.05, 0.1) is 13.2 Å². The number of rotatable bonds is 9. The number of aryl methyl sites for hydroxylation is 1. The number of methoxy groups -OCH3 is 1. The number of hydrogen-bond donors (Lipinski definition) is 1. The van der Waals surface area contributed by atoms with Gasteiger partial charge in [-0.1, -0.05) is 0 Å². The van der Waals surface area contributed by atoms with E-state index in [0.717, 1.165) is 43.1 Å². The second-order valence-corrected chi connectivity index (χ2v) is 10.2. The van der Waals surface area contributed by atoms with Gasteiger partial charge in [-0.25, -0.2) is 0 Å². The van der Waals surface area contributed by atoms with Crippen molar-refractivity contribution in [3.63, 3.8) is 0 Å². The van der Waals surface area contributed by atoms with Crippen LogP contribution in [0.15, 0.2) is 18.5 Å². The molecule has 1 fully saturated rings. The molecule has 1 N–H and O–H groups in total. The summed E-state index contributed by atoms with van der Waals surface area (Å²) in [4.78, 5) is 28.4. The van der Waals surface area contributed by atoms with E-state index in [0.29, 0.717) is 45.3 Å². The molecule has 174 valence electrons. The molecule has 0 bridgehead atoms. The first-order valence-corrected chi connectivity index (χ1v) is 12.4. The van der Waals surface area contributed by atoms with Crippen LogP contribution in [0.5, 0.6) is 11.5 Å². The Hall–Kier alpha value is -2.26. The number of aromatic nitrogens is 3. The molecule has 9 nitrogen and oxygen atoms in total. The van der Waals surface area contributed by atoms with Crippen LogP contribution in [0.1, 0.15) is 28.6 Å². The van der Waals surface area contributed by atoms with E-state index in [1.807, 2.05) is 6.92 Å². The van der Waals surface area contributed by atoms with Gasteiger partial charge in [0.25, 0.3) is 0 Å². The third kappa shape index (κ3) is 5.46. The number of fused-ring (bicyclic) bond motifs is 1. The zero-order valence-corrected chi connectivity index (χ0v) is 21.2. The number of benzene rings is 1. The third-order valence-corrected chi connectivity index (χ3v) is 7.34. The van der Waals surface area contributed by atoms with Crippen LogP contribution in [0.25, 0.3) is 10.9 Å². The van der Waals surface area contributed by atoms with Gasteiger partial charge in [0.1, 0.15) is 0 Å². The molecule has 3 heterocycles. The molecule has 11 heteroatoms. The number of nitrogens with zero attached hydrogens (tertiary/aromatic N) is 4. The van der Waals surface area contributed by atoms with Crippen LogP contribution < -0.4 is 13.3 Å². The van der Waals surface area contributed by atoms with Crippen molar-refractivity contribution in [1.82, 2.24) is 19.9 Å². The Morgan fingerprint density at radius 1 is 1.30 bits per heavy atom. The zero-order valence-electron chi connectivity index (χ0n) is 18.5. The Labute approximate surface area is 204 Å². The fraction of sp³-hybridized carbons (Fsp3) is 0.455. The van der Waals surface area contributed by atoms with Gasteiger partial charge in [-0.15, -0.1) is 0 Å². The number of morpholine rings is 1. The molecular formula is C22H25AsN4O5S. The van der Waals surface area contributed by atoms with Crippen molar-refractivity contribution < 1.29 is 24.1 Å². The fourth-order valence-corrected chi connectivity index (χ4v) is 5.73. The predicted octanol–water partition coefficient (Wildman–Crippen LogP) is 1.51. The van der Waals surface area contributed by atoms with Crippen molar-refractivity contribution in [2.24, 2.45) is 0 Å². The summed E-state index contributed by atoms with van der Waals surface area (Å²) in [5.41, 5.74) is 1.69. The molecule has 1 aliphatic rings. The Kier molecular flexibility index (Phi) is 7.80.